The molecule has 0 amide bonds. The number of fused-ring (bicyclic) bond motifs is 1. The van der Waals surface area contributed by atoms with Gasteiger partial charge in [0.2, 0.25) is 0 Å². The van der Waals surface area contributed by atoms with Gasteiger partial charge >= 0.3 is 0 Å². The average molecular weight is 190 g/mol. The summed E-state index contributed by atoms with van der Waals surface area (Å²) in [5, 5.41) is 8.28. The van der Waals surface area contributed by atoms with Gasteiger partial charge in [-0.2, -0.15) is 5.10 Å². The van der Waals surface area contributed by atoms with Crippen molar-refractivity contribution in [3.8, 4) is 0 Å². The third-order valence-electron chi connectivity index (χ3n) is 2.42. The van der Waals surface area contributed by atoms with E-state index in [1.54, 1.807) is 6.33 Å². The van der Waals surface area contributed by atoms with Crippen LogP contribution in [-0.4, -0.2) is 19.7 Å². The summed E-state index contributed by atoms with van der Waals surface area (Å²) >= 11 is 0. The van der Waals surface area contributed by atoms with E-state index in [0.717, 1.165) is 29.7 Å². The van der Waals surface area contributed by atoms with Crippen molar-refractivity contribution in [2.24, 2.45) is 7.05 Å². The highest BCUT2D eigenvalue weighted by atomic mass is 15.2. The van der Waals surface area contributed by atoms with Crippen molar-refractivity contribution in [2.75, 3.05) is 0 Å². The molecule has 0 aliphatic carbocycles. The fourth-order valence-electron chi connectivity index (χ4n) is 1.66. The molecule has 2 heterocycles. The lowest BCUT2D eigenvalue weighted by atomic mass is 10.1. The first-order chi connectivity index (χ1) is 6.74. The molecule has 14 heavy (non-hydrogen) atoms. The SMILES string of the molecule is CCCc1c(C)nnc2c1ncn2C. The number of rotatable bonds is 2. The fraction of sp³-hybridized carbons (Fsp3) is 0.500. The monoisotopic (exact) mass is 190 g/mol. The second-order valence-electron chi connectivity index (χ2n) is 3.54. The third-order valence-corrected chi connectivity index (χ3v) is 2.42. The van der Waals surface area contributed by atoms with E-state index < -0.39 is 0 Å². The Morgan fingerprint density at radius 3 is 2.86 bits per heavy atom. The minimum Gasteiger partial charge on any atom is -0.317 e. The molecule has 2 aromatic heterocycles. The normalized spacial score (nSPS) is 11.1. The molecule has 0 bridgehead atoms. The van der Waals surface area contributed by atoms with E-state index in [1.165, 1.54) is 5.56 Å². The summed E-state index contributed by atoms with van der Waals surface area (Å²) in [6.07, 6.45) is 3.92. The smallest absolute Gasteiger partial charge is 0.182 e. The lowest BCUT2D eigenvalue weighted by molar-refractivity contribution is 0.866. The van der Waals surface area contributed by atoms with Crippen LogP contribution in [0.4, 0.5) is 0 Å². The van der Waals surface area contributed by atoms with Crippen molar-refractivity contribution in [2.45, 2.75) is 26.7 Å². The zero-order valence-electron chi connectivity index (χ0n) is 8.78. The van der Waals surface area contributed by atoms with Gasteiger partial charge in [-0.15, -0.1) is 5.10 Å². The van der Waals surface area contributed by atoms with Crippen LogP contribution in [0.15, 0.2) is 6.33 Å². The zero-order chi connectivity index (χ0) is 10.1. The number of aryl methyl sites for hydroxylation is 3. The summed E-state index contributed by atoms with van der Waals surface area (Å²) < 4.78 is 1.90. The predicted octanol–water partition coefficient (Wildman–Crippen LogP) is 1.62. The summed E-state index contributed by atoms with van der Waals surface area (Å²) in [6.45, 7) is 4.15. The largest absolute Gasteiger partial charge is 0.317 e. The first-order valence-electron chi connectivity index (χ1n) is 4.87. The number of aromatic nitrogens is 4. The van der Waals surface area contributed by atoms with Crippen molar-refractivity contribution < 1.29 is 0 Å². The second kappa shape index (κ2) is 3.36. The number of imidazole rings is 1. The standard InChI is InChI=1S/C10H14N4/c1-4-5-8-7(2)12-13-10-9(8)11-6-14(10)3/h6H,4-5H2,1-3H3. The van der Waals surface area contributed by atoms with Gasteiger partial charge in [0.05, 0.1) is 12.0 Å². The highest BCUT2D eigenvalue weighted by Gasteiger charge is 2.10. The van der Waals surface area contributed by atoms with Gasteiger partial charge in [0, 0.05) is 12.6 Å². The van der Waals surface area contributed by atoms with Gasteiger partial charge in [-0.25, -0.2) is 4.98 Å². The molecular weight excluding hydrogens is 176 g/mol. The van der Waals surface area contributed by atoms with E-state index in [9.17, 15) is 0 Å². The van der Waals surface area contributed by atoms with Crippen molar-refractivity contribution in [1.82, 2.24) is 19.7 Å². The van der Waals surface area contributed by atoms with Gasteiger partial charge in [0.1, 0.15) is 5.52 Å². The van der Waals surface area contributed by atoms with E-state index >= 15 is 0 Å². The summed E-state index contributed by atoms with van der Waals surface area (Å²) in [5.41, 5.74) is 4.11. The first kappa shape index (κ1) is 9.12. The number of hydrogen-bond donors (Lipinski definition) is 0. The Labute approximate surface area is 83.0 Å². The molecule has 0 saturated heterocycles. The molecule has 2 aromatic rings. The van der Waals surface area contributed by atoms with Crippen LogP contribution < -0.4 is 0 Å². The molecule has 0 radical (unpaired) electrons. The Bertz CT molecular complexity index is 458. The molecule has 0 spiro atoms. The first-order valence-corrected chi connectivity index (χ1v) is 4.87. The average Bonchev–Trinajstić information content (AvgIpc) is 2.53. The Morgan fingerprint density at radius 1 is 1.36 bits per heavy atom. The lowest BCUT2D eigenvalue weighted by Gasteiger charge is -2.03. The van der Waals surface area contributed by atoms with Gasteiger partial charge in [-0.1, -0.05) is 13.3 Å². The molecule has 0 aliphatic rings. The van der Waals surface area contributed by atoms with E-state index in [0.29, 0.717) is 0 Å². The number of nitrogens with zero attached hydrogens (tertiary/aromatic N) is 4. The third kappa shape index (κ3) is 1.27. The van der Waals surface area contributed by atoms with Gasteiger partial charge in [0.25, 0.3) is 0 Å². The van der Waals surface area contributed by atoms with Crippen LogP contribution in [0, 0.1) is 6.92 Å². The summed E-state index contributed by atoms with van der Waals surface area (Å²) in [5.74, 6) is 0. The van der Waals surface area contributed by atoms with Crippen LogP contribution in [0.5, 0.6) is 0 Å². The van der Waals surface area contributed by atoms with E-state index in [2.05, 4.69) is 22.1 Å². The highest BCUT2D eigenvalue weighted by Crippen LogP contribution is 2.17. The molecule has 4 nitrogen and oxygen atoms in total. The van der Waals surface area contributed by atoms with Crippen LogP contribution in [0.1, 0.15) is 24.6 Å². The van der Waals surface area contributed by atoms with Gasteiger partial charge in [0.15, 0.2) is 5.65 Å². The van der Waals surface area contributed by atoms with Crippen LogP contribution in [0.3, 0.4) is 0 Å². The molecule has 0 aromatic carbocycles. The topological polar surface area (TPSA) is 43.6 Å². The van der Waals surface area contributed by atoms with Crippen molar-refractivity contribution >= 4 is 11.2 Å². The van der Waals surface area contributed by atoms with Crippen LogP contribution in [-0.2, 0) is 13.5 Å². The Morgan fingerprint density at radius 2 is 2.14 bits per heavy atom. The zero-order valence-corrected chi connectivity index (χ0v) is 8.78. The van der Waals surface area contributed by atoms with Gasteiger partial charge < -0.3 is 4.57 Å². The summed E-state index contributed by atoms with van der Waals surface area (Å²) in [7, 11) is 1.94. The van der Waals surface area contributed by atoms with E-state index in [4.69, 9.17) is 0 Å². The molecule has 0 fully saturated rings. The van der Waals surface area contributed by atoms with Crippen LogP contribution in [0.2, 0.25) is 0 Å². The summed E-state index contributed by atoms with van der Waals surface area (Å²) in [4.78, 5) is 4.36. The van der Waals surface area contributed by atoms with E-state index in [1.807, 2.05) is 18.5 Å². The summed E-state index contributed by atoms with van der Waals surface area (Å²) in [6, 6.07) is 0. The predicted molar refractivity (Wildman–Crippen MR) is 55.0 cm³/mol. The van der Waals surface area contributed by atoms with Crippen molar-refractivity contribution in [1.29, 1.82) is 0 Å². The minimum absolute atomic E-state index is 0.874. The maximum atomic E-state index is 4.36. The van der Waals surface area contributed by atoms with Gasteiger partial charge in [-0.3, -0.25) is 0 Å². The fourth-order valence-corrected chi connectivity index (χ4v) is 1.66. The van der Waals surface area contributed by atoms with Crippen LogP contribution in [0.25, 0.3) is 11.2 Å². The molecule has 74 valence electrons. The molecule has 0 unspecified atom stereocenters. The molecule has 2 rings (SSSR count). The molecular formula is C10H14N4. The molecule has 0 saturated carbocycles. The quantitative estimate of drug-likeness (QED) is 0.722. The molecule has 0 aliphatic heterocycles. The van der Waals surface area contributed by atoms with E-state index in [-0.39, 0.29) is 0 Å². The lowest BCUT2D eigenvalue weighted by Crippen LogP contribution is -1.99. The molecule has 4 heteroatoms. The maximum absolute atomic E-state index is 4.36. The van der Waals surface area contributed by atoms with Crippen molar-refractivity contribution in [3.63, 3.8) is 0 Å². The minimum atomic E-state index is 0.874. The second-order valence-corrected chi connectivity index (χ2v) is 3.54. The Hall–Kier alpha value is -1.45. The highest BCUT2D eigenvalue weighted by molar-refractivity contribution is 5.74. The molecule has 0 atom stereocenters. The van der Waals surface area contributed by atoms with Crippen molar-refractivity contribution in [3.05, 3.63) is 17.6 Å². The maximum Gasteiger partial charge on any atom is 0.182 e. The molecule has 0 N–H and O–H groups in total. The van der Waals surface area contributed by atoms with Crippen LogP contribution >= 0.6 is 0 Å². The van der Waals surface area contributed by atoms with Gasteiger partial charge in [-0.05, 0) is 13.3 Å². The Kier molecular flexibility index (Phi) is 2.19. The Balaban J connectivity index is 2.70. The number of hydrogen-bond acceptors (Lipinski definition) is 3.